The van der Waals surface area contributed by atoms with Gasteiger partial charge in [-0.15, -0.1) is 0 Å². The Morgan fingerprint density at radius 2 is 1.07 bits per heavy atom. The number of para-hydroxylation sites is 3. The van der Waals surface area contributed by atoms with Crippen LogP contribution in [0.4, 0.5) is 0 Å². The van der Waals surface area contributed by atoms with Crippen LogP contribution in [0.2, 0.25) is 0 Å². The maximum absolute atomic E-state index is 6.86. The number of benzene rings is 9. The van der Waals surface area contributed by atoms with E-state index in [1.807, 2.05) is 24.3 Å². The van der Waals surface area contributed by atoms with Crippen molar-refractivity contribution >= 4 is 87.2 Å². The Balaban J connectivity index is 1.15. The number of fused-ring (bicyclic) bond motifs is 11. The van der Waals surface area contributed by atoms with E-state index >= 15 is 0 Å². The Bertz CT molecular complexity index is 3920. The van der Waals surface area contributed by atoms with E-state index in [4.69, 9.17) is 18.8 Å². The van der Waals surface area contributed by atoms with Gasteiger partial charge in [-0.25, -0.2) is 9.97 Å². The van der Waals surface area contributed by atoms with E-state index in [-0.39, 0.29) is 0 Å². The summed E-state index contributed by atoms with van der Waals surface area (Å²) in [6.07, 6.45) is 0. The molecule has 4 aromatic heterocycles. The fourth-order valence-electron chi connectivity index (χ4n) is 9.52. The van der Waals surface area contributed by atoms with Crippen molar-refractivity contribution in [1.82, 2.24) is 14.5 Å². The van der Waals surface area contributed by atoms with Crippen molar-refractivity contribution in [2.75, 3.05) is 0 Å². The molecule has 0 unspecified atom stereocenters. The summed E-state index contributed by atoms with van der Waals surface area (Å²) in [7, 11) is 0. The minimum atomic E-state index is 0.656. The van der Waals surface area contributed by atoms with Crippen molar-refractivity contribution in [3.63, 3.8) is 0 Å². The van der Waals surface area contributed by atoms with E-state index in [9.17, 15) is 0 Å². The van der Waals surface area contributed by atoms with E-state index in [2.05, 4.69) is 169 Å². The highest BCUT2D eigenvalue weighted by atomic mass is 16.3. The molecule has 0 saturated carbocycles. The van der Waals surface area contributed by atoms with Crippen molar-refractivity contribution in [2.45, 2.75) is 6.92 Å². The van der Waals surface area contributed by atoms with E-state index in [0.29, 0.717) is 5.82 Å². The fourth-order valence-corrected chi connectivity index (χ4v) is 9.52. The minimum absolute atomic E-state index is 0.656. The zero-order valence-electron chi connectivity index (χ0n) is 32.5. The van der Waals surface area contributed by atoms with E-state index in [0.717, 1.165) is 99.6 Å². The zero-order valence-corrected chi connectivity index (χ0v) is 32.5. The molecule has 5 heteroatoms. The largest absolute Gasteiger partial charge is 0.456 e. The molecule has 0 fully saturated rings. The molecule has 0 saturated heterocycles. The van der Waals surface area contributed by atoms with Crippen molar-refractivity contribution in [3.05, 3.63) is 188 Å². The molecule has 60 heavy (non-hydrogen) atoms. The van der Waals surface area contributed by atoms with Gasteiger partial charge in [-0.3, -0.25) is 0 Å². The molecule has 0 amide bonds. The summed E-state index contributed by atoms with van der Waals surface area (Å²) in [4.78, 5) is 11.0. The third-order valence-electron chi connectivity index (χ3n) is 12.3. The van der Waals surface area contributed by atoms with Crippen LogP contribution in [0.3, 0.4) is 0 Å². The first-order valence-corrected chi connectivity index (χ1v) is 20.3. The monoisotopic (exact) mass is 767 g/mol. The Hall–Kier alpha value is -8.02. The van der Waals surface area contributed by atoms with E-state index in [1.165, 1.54) is 26.9 Å². The SMILES string of the molecule is Cc1c(-c2cc(-n3c4ccccc4c4cc5ccccc5cc43)c3oc4ccccc4c3c2)nc(-c2ccc3ccccc3c2)nc1-c1cccc2oc3ccccc3c12. The van der Waals surface area contributed by atoms with Gasteiger partial charge in [-0.2, -0.15) is 0 Å². The molecular formula is C55H33N3O2. The Labute approximate surface area is 343 Å². The van der Waals surface area contributed by atoms with E-state index in [1.54, 1.807) is 0 Å². The first kappa shape index (κ1) is 33.0. The summed E-state index contributed by atoms with van der Waals surface area (Å²) in [5, 5.41) is 11.3. The van der Waals surface area contributed by atoms with Gasteiger partial charge in [-0.05, 0) is 83.1 Å². The second-order valence-corrected chi connectivity index (χ2v) is 15.7. The topological polar surface area (TPSA) is 57.0 Å². The number of aromatic nitrogens is 3. The van der Waals surface area contributed by atoms with Gasteiger partial charge in [-0.1, -0.05) is 127 Å². The summed E-state index contributed by atoms with van der Waals surface area (Å²) in [6, 6.07) is 64.2. The van der Waals surface area contributed by atoms with Crippen LogP contribution in [0.1, 0.15) is 5.56 Å². The average molecular weight is 768 g/mol. The van der Waals surface area contributed by atoms with Gasteiger partial charge in [0.1, 0.15) is 16.7 Å². The van der Waals surface area contributed by atoms with Crippen LogP contribution in [-0.4, -0.2) is 14.5 Å². The normalized spacial score (nSPS) is 12.1. The lowest BCUT2D eigenvalue weighted by molar-refractivity contribution is 0.666. The molecule has 280 valence electrons. The van der Waals surface area contributed by atoms with Crippen LogP contribution in [-0.2, 0) is 0 Å². The summed E-state index contributed by atoms with van der Waals surface area (Å²) in [5.41, 5.74) is 12.1. The second-order valence-electron chi connectivity index (χ2n) is 15.7. The summed E-state index contributed by atoms with van der Waals surface area (Å²) in [5.74, 6) is 0.656. The molecule has 4 heterocycles. The molecule has 0 radical (unpaired) electrons. The van der Waals surface area contributed by atoms with Crippen LogP contribution in [0.15, 0.2) is 191 Å². The number of hydrogen-bond acceptors (Lipinski definition) is 4. The lowest BCUT2D eigenvalue weighted by Crippen LogP contribution is -2.02. The maximum Gasteiger partial charge on any atom is 0.160 e. The predicted molar refractivity (Wildman–Crippen MR) is 247 cm³/mol. The highest BCUT2D eigenvalue weighted by molar-refractivity contribution is 6.17. The molecule has 0 aliphatic carbocycles. The van der Waals surface area contributed by atoms with E-state index < -0.39 is 0 Å². The third kappa shape index (κ3) is 4.80. The van der Waals surface area contributed by atoms with Crippen LogP contribution in [0.25, 0.3) is 127 Å². The smallest absolute Gasteiger partial charge is 0.160 e. The van der Waals surface area contributed by atoms with Crippen molar-refractivity contribution in [2.24, 2.45) is 0 Å². The molecule has 0 aliphatic heterocycles. The molecule has 0 spiro atoms. The Kier molecular flexibility index (Phi) is 6.87. The molecule has 0 aliphatic rings. The molecular weight excluding hydrogens is 735 g/mol. The summed E-state index contributed by atoms with van der Waals surface area (Å²) < 4.78 is 15.6. The standard InChI is InChI=1S/C55H33N3O2/c1-32-52(56-55(37-26-25-33-13-2-3-14-34(33)27-37)57-53(32)42-20-12-24-50-51(42)41-19-8-11-23-49(41)59-50)38-29-44-40-18-7-10-22-48(40)60-54(44)47(31-38)58-45-21-9-6-17-39(45)43-28-35-15-4-5-16-36(35)30-46(43)58/h2-31H,1H3. The summed E-state index contributed by atoms with van der Waals surface area (Å²) in [6.45, 7) is 2.15. The summed E-state index contributed by atoms with van der Waals surface area (Å²) >= 11 is 0. The third-order valence-corrected chi connectivity index (χ3v) is 12.3. The van der Waals surface area contributed by atoms with Gasteiger partial charge in [0, 0.05) is 54.6 Å². The van der Waals surface area contributed by atoms with Gasteiger partial charge in [0.05, 0.1) is 28.1 Å². The zero-order chi connectivity index (χ0) is 39.5. The van der Waals surface area contributed by atoms with Crippen LogP contribution in [0, 0.1) is 6.92 Å². The van der Waals surface area contributed by atoms with Crippen molar-refractivity contribution in [3.8, 4) is 39.6 Å². The Morgan fingerprint density at radius 1 is 0.417 bits per heavy atom. The maximum atomic E-state index is 6.86. The lowest BCUT2D eigenvalue weighted by Gasteiger charge is -2.16. The number of nitrogens with zero attached hydrogens (tertiary/aromatic N) is 3. The Morgan fingerprint density at radius 3 is 1.90 bits per heavy atom. The molecule has 0 atom stereocenters. The van der Waals surface area contributed by atoms with Crippen molar-refractivity contribution in [1.29, 1.82) is 0 Å². The van der Waals surface area contributed by atoms with Crippen molar-refractivity contribution < 1.29 is 8.83 Å². The molecule has 0 bridgehead atoms. The average Bonchev–Trinajstić information content (AvgIpc) is 3.97. The number of furan rings is 2. The first-order valence-electron chi connectivity index (χ1n) is 20.3. The van der Waals surface area contributed by atoms with Crippen LogP contribution < -0.4 is 0 Å². The van der Waals surface area contributed by atoms with Crippen LogP contribution in [0.5, 0.6) is 0 Å². The fraction of sp³-hybridized carbons (Fsp3) is 0.0182. The van der Waals surface area contributed by atoms with Gasteiger partial charge >= 0.3 is 0 Å². The predicted octanol–water partition coefficient (Wildman–Crippen LogP) is 15.0. The molecule has 5 nitrogen and oxygen atoms in total. The van der Waals surface area contributed by atoms with Gasteiger partial charge in [0.2, 0.25) is 0 Å². The van der Waals surface area contributed by atoms with Crippen LogP contribution >= 0.6 is 0 Å². The number of rotatable bonds is 4. The highest BCUT2D eigenvalue weighted by Gasteiger charge is 2.24. The second kappa shape index (κ2) is 12.5. The molecule has 9 aromatic carbocycles. The lowest BCUT2D eigenvalue weighted by atomic mass is 9.96. The molecule has 13 rings (SSSR count). The van der Waals surface area contributed by atoms with Gasteiger partial charge in [0.15, 0.2) is 11.4 Å². The van der Waals surface area contributed by atoms with Gasteiger partial charge < -0.3 is 13.4 Å². The van der Waals surface area contributed by atoms with Gasteiger partial charge in [0.25, 0.3) is 0 Å². The quantitative estimate of drug-likeness (QED) is 0.179. The molecule has 13 aromatic rings. The highest BCUT2D eigenvalue weighted by Crippen LogP contribution is 2.44. The molecule has 0 N–H and O–H groups in total. The first-order chi connectivity index (χ1) is 29.6. The number of hydrogen-bond donors (Lipinski definition) is 0. The minimum Gasteiger partial charge on any atom is -0.456 e.